The van der Waals surface area contributed by atoms with Gasteiger partial charge in [0.15, 0.2) is 0 Å². The standard InChI is InChI=1S/C17H25N3O3/c1-20(12-17(22)19-14-5-6-14)11-16(21)18-10-9-13-3-7-15(23-2)8-4-13/h3-4,7-8,14H,5-6,9-12H2,1-2H3,(H,18,21)(H,19,22). The Balaban J connectivity index is 1.60. The zero-order chi connectivity index (χ0) is 16.7. The van der Waals surface area contributed by atoms with Gasteiger partial charge in [-0.05, 0) is 44.0 Å². The van der Waals surface area contributed by atoms with E-state index in [1.54, 1.807) is 19.1 Å². The molecule has 2 N–H and O–H groups in total. The first-order valence-electron chi connectivity index (χ1n) is 7.94. The lowest BCUT2D eigenvalue weighted by molar-refractivity contribution is -0.124. The Hall–Kier alpha value is -2.08. The number of hydrogen-bond acceptors (Lipinski definition) is 4. The Kier molecular flexibility index (Phi) is 6.40. The van der Waals surface area contributed by atoms with E-state index >= 15 is 0 Å². The van der Waals surface area contributed by atoms with Crippen molar-refractivity contribution < 1.29 is 14.3 Å². The Morgan fingerprint density at radius 3 is 2.43 bits per heavy atom. The van der Waals surface area contributed by atoms with Crippen LogP contribution >= 0.6 is 0 Å². The van der Waals surface area contributed by atoms with E-state index in [0.29, 0.717) is 12.6 Å². The van der Waals surface area contributed by atoms with Crippen LogP contribution in [0.5, 0.6) is 5.75 Å². The van der Waals surface area contributed by atoms with Crippen LogP contribution in [-0.2, 0) is 16.0 Å². The maximum absolute atomic E-state index is 11.9. The second-order valence-electron chi connectivity index (χ2n) is 5.96. The summed E-state index contributed by atoms with van der Waals surface area (Å²) in [5, 5.41) is 5.78. The zero-order valence-electron chi connectivity index (χ0n) is 13.8. The molecule has 0 saturated heterocycles. The van der Waals surface area contributed by atoms with Gasteiger partial charge < -0.3 is 15.4 Å². The van der Waals surface area contributed by atoms with E-state index in [2.05, 4.69) is 10.6 Å². The van der Waals surface area contributed by atoms with E-state index in [9.17, 15) is 9.59 Å². The Morgan fingerprint density at radius 2 is 1.83 bits per heavy atom. The van der Waals surface area contributed by atoms with Gasteiger partial charge in [0.1, 0.15) is 5.75 Å². The second kappa shape index (κ2) is 8.53. The number of nitrogens with zero attached hydrogens (tertiary/aromatic N) is 1. The van der Waals surface area contributed by atoms with E-state index in [4.69, 9.17) is 4.74 Å². The predicted octanol–water partition coefficient (Wildman–Crippen LogP) is 0.564. The van der Waals surface area contributed by atoms with Gasteiger partial charge in [-0.25, -0.2) is 0 Å². The van der Waals surface area contributed by atoms with E-state index in [1.807, 2.05) is 24.3 Å². The van der Waals surface area contributed by atoms with Crippen molar-refractivity contribution in [2.24, 2.45) is 0 Å². The molecule has 0 aromatic heterocycles. The van der Waals surface area contributed by atoms with Crippen LogP contribution in [0.1, 0.15) is 18.4 Å². The van der Waals surface area contributed by atoms with Crippen molar-refractivity contribution in [2.75, 3.05) is 33.8 Å². The molecule has 1 aromatic rings. The lowest BCUT2D eigenvalue weighted by Gasteiger charge is -2.15. The van der Waals surface area contributed by atoms with Crippen molar-refractivity contribution in [3.05, 3.63) is 29.8 Å². The fourth-order valence-electron chi connectivity index (χ4n) is 2.24. The number of carbonyl (C=O) groups excluding carboxylic acids is 2. The average Bonchev–Trinajstić information content (AvgIpc) is 3.31. The largest absolute Gasteiger partial charge is 0.497 e. The summed E-state index contributed by atoms with van der Waals surface area (Å²) in [6.45, 7) is 1.05. The third kappa shape index (κ3) is 6.69. The van der Waals surface area contributed by atoms with Crippen molar-refractivity contribution >= 4 is 11.8 Å². The van der Waals surface area contributed by atoms with Crippen LogP contribution in [0, 0.1) is 0 Å². The van der Waals surface area contributed by atoms with Gasteiger partial charge in [-0.15, -0.1) is 0 Å². The molecule has 0 spiro atoms. The maximum atomic E-state index is 11.9. The Bertz CT molecular complexity index is 526. The lowest BCUT2D eigenvalue weighted by Crippen LogP contribution is -2.41. The van der Waals surface area contributed by atoms with Crippen molar-refractivity contribution in [2.45, 2.75) is 25.3 Å². The van der Waals surface area contributed by atoms with Gasteiger partial charge in [0, 0.05) is 12.6 Å². The van der Waals surface area contributed by atoms with Crippen LogP contribution in [0.4, 0.5) is 0 Å². The number of amides is 2. The van der Waals surface area contributed by atoms with Crippen molar-refractivity contribution in [3.8, 4) is 5.75 Å². The molecule has 0 bridgehead atoms. The van der Waals surface area contributed by atoms with E-state index in [-0.39, 0.29) is 24.9 Å². The van der Waals surface area contributed by atoms with Crippen LogP contribution in [0.3, 0.4) is 0 Å². The smallest absolute Gasteiger partial charge is 0.234 e. The van der Waals surface area contributed by atoms with Gasteiger partial charge in [-0.2, -0.15) is 0 Å². The zero-order valence-corrected chi connectivity index (χ0v) is 13.8. The predicted molar refractivity (Wildman–Crippen MR) is 88.4 cm³/mol. The minimum absolute atomic E-state index is 0.0129. The Morgan fingerprint density at radius 1 is 1.17 bits per heavy atom. The summed E-state index contributed by atoms with van der Waals surface area (Å²) in [5.41, 5.74) is 1.14. The summed E-state index contributed by atoms with van der Waals surface area (Å²) in [6.07, 6.45) is 2.91. The molecule has 0 atom stereocenters. The molecule has 1 fully saturated rings. The molecule has 2 rings (SSSR count). The first-order chi connectivity index (χ1) is 11.1. The maximum Gasteiger partial charge on any atom is 0.234 e. The van der Waals surface area contributed by atoms with Crippen LogP contribution in [0.15, 0.2) is 24.3 Å². The molecule has 2 amide bonds. The SMILES string of the molecule is COc1ccc(CCNC(=O)CN(C)CC(=O)NC2CC2)cc1. The number of rotatable bonds is 9. The molecule has 23 heavy (non-hydrogen) atoms. The fraction of sp³-hybridized carbons (Fsp3) is 0.529. The van der Waals surface area contributed by atoms with Crippen LogP contribution < -0.4 is 15.4 Å². The summed E-state index contributed by atoms with van der Waals surface area (Å²) in [4.78, 5) is 25.2. The van der Waals surface area contributed by atoms with Gasteiger partial charge in [0.05, 0.1) is 20.2 Å². The molecule has 0 unspecified atom stereocenters. The van der Waals surface area contributed by atoms with Crippen LogP contribution in [-0.4, -0.2) is 56.5 Å². The van der Waals surface area contributed by atoms with Gasteiger partial charge >= 0.3 is 0 Å². The minimum atomic E-state index is -0.0692. The molecule has 126 valence electrons. The van der Waals surface area contributed by atoms with Gasteiger partial charge in [0.2, 0.25) is 11.8 Å². The molecule has 1 aromatic carbocycles. The van der Waals surface area contributed by atoms with E-state index < -0.39 is 0 Å². The summed E-state index contributed by atoms with van der Waals surface area (Å²) in [7, 11) is 3.41. The molecule has 6 nitrogen and oxygen atoms in total. The topological polar surface area (TPSA) is 70.7 Å². The summed E-state index contributed by atoms with van der Waals surface area (Å²) >= 11 is 0. The molecule has 1 saturated carbocycles. The third-order valence-corrected chi connectivity index (χ3v) is 3.66. The quantitative estimate of drug-likeness (QED) is 0.698. The minimum Gasteiger partial charge on any atom is -0.497 e. The number of methoxy groups -OCH3 is 1. The number of carbonyl (C=O) groups is 2. The fourth-order valence-corrected chi connectivity index (χ4v) is 2.24. The molecule has 0 aliphatic heterocycles. The first kappa shape index (κ1) is 17.3. The number of ether oxygens (including phenoxy) is 1. The molecule has 0 heterocycles. The first-order valence-corrected chi connectivity index (χ1v) is 7.94. The highest BCUT2D eigenvalue weighted by molar-refractivity contribution is 5.81. The number of hydrogen-bond donors (Lipinski definition) is 2. The number of nitrogens with one attached hydrogen (secondary N) is 2. The third-order valence-electron chi connectivity index (χ3n) is 3.66. The molecular formula is C17H25N3O3. The molecule has 1 aliphatic carbocycles. The molecule has 1 aliphatic rings. The van der Waals surface area contributed by atoms with E-state index in [1.165, 1.54) is 0 Å². The highest BCUT2D eigenvalue weighted by atomic mass is 16.5. The van der Waals surface area contributed by atoms with Gasteiger partial charge in [0.25, 0.3) is 0 Å². The van der Waals surface area contributed by atoms with Gasteiger partial charge in [-0.1, -0.05) is 12.1 Å². The molecule has 6 heteroatoms. The monoisotopic (exact) mass is 319 g/mol. The number of likely N-dealkylation sites (N-methyl/N-ethyl adjacent to an activating group) is 1. The average molecular weight is 319 g/mol. The van der Waals surface area contributed by atoms with Crippen LogP contribution in [0.2, 0.25) is 0 Å². The highest BCUT2D eigenvalue weighted by Gasteiger charge is 2.23. The normalized spacial score (nSPS) is 13.7. The summed E-state index contributed by atoms with van der Waals surface area (Å²) in [6, 6.07) is 8.14. The second-order valence-corrected chi connectivity index (χ2v) is 5.96. The summed E-state index contributed by atoms with van der Waals surface area (Å²) in [5.74, 6) is 0.741. The van der Waals surface area contributed by atoms with E-state index in [0.717, 1.165) is 30.6 Å². The lowest BCUT2D eigenvalue weighted by atomic mass is 10.1. The van der Waals surface area contributed by atoms with Crippen molar-refractivity contribution in [1.29, 1.82) is 0 Å². The van der Waals surface area contributed by atoms with Crippen molar-refractivity contribution in [3.63, 3.8) is 0 Å². The van der Waals surface area contributed by atoms with Crippen molar-refractivity contribution in [1.82, 2.24) is 15.5 Å². The van der Waals surface area contributed by atoms with Gasteiger partial charge in [-0.3, -0.25) is 14.5 Å². The Labute approximate surface area is 137 Å². The molecular weight excluding hydrogens is 294 g/mol. The number of benzene rings is 1. The summed E-state index contributed by atoms with van der Waals surface area (Å²) < 4.78 is 5.11. The molecule has 0 radical (unpaired) electrons. The highest BCUT2D eigenvalue weighted by Crippen LogP contribution is 2.18. The van der Waals surface area contributed by atoms with Crippen LogP contribution in [0.25, 0.3) is 0 Å².